The monoisotopic (exact) mass is 255 g/mol. The maximum atomic E-state index is 11.8. The summed E-state index contributed by atoms with van der Waals surface area (Å²) in [7, 11) is 0. The van der Waals surface area contributed by atoms with Gasteiger partial charge in [0.1, 0.15) is 0 Å². The minimum Gasteiger partial charge on any atom is -0.481 e. The summed E-state index contributed by atoms with van der Waals surface area (Å²) >= 11 is 1.52. The minimum absolute atomic E-state index is 0.0559. The third-order valence-corrected chi connectivity index (χ3v) is 3.55. The van der Waals surface area contributed by atoms with Gasteiger partial charge in [-0.25, -0.2) is 0 Å². The average molecular weight is 255 g/mol. The molecule has 0 aromatic carbocycles. The number of carboxylic acids is 1. The zero-order valence-corrected chi connectivity index (χ0v) is 10.8. The molecular formula is C12H17NO3S. The first-order valence-electron chi connectivity index (χ1n) is 5.50. The molecule has 0 bridgehead atoms. The van der Waals surface area contributed by atoms with Gasteiger partial charge in [0.05, 0.1) is 12.8 Å². The van der Waals surface area contributed by atoms with Crippen molar-refractivity contribution in [3.05, 3.63) is 22.4 Å². The van der Waals surface area contributed by atoms with Crippen LogP contribution >= 0.6 is 11.3 Å². The summed E-state index contributed by atoms with van der Waals surface area (Å²) in [6.07, 6.45) is 0.849. The van der Waals surface area contributed by atoms with Crippen molar-refractivity contribution in [3.63, 3.8) is 0 Å². The largest absolute Gasteiger partial charge is 0.481 e. The molecule has 1 amide bonds. The Bertz CT molecular complexity index is 388. The Kier molecular flexibility index (Phi) is 4.69. The number of thiophene rings is 1. The summed E-state index contributed by atoms with van der Waals surface area (Å²) < 4.78 is 0. The Balaban J connectivity index is 2.56. The highest BCUT2D eigenvalue weighted by Gasteiger charge is 2.27. The molecule has 5 heteroatoms. The summed E-state index contributed by atoms with van der Waals surface area (Å²) in [5, 5.41) is 13.5. The van der Waals surface area contributed by atoms with E-state index in [0.717, 1.165) is 4.88 Å². The molecule has 0 saturated heterocycles. The zero-order valence-electron chi connectivity index (χ0n) is 10.0. The van der Waals surface area contributed by atoms with Crippen LogP contribution in [0.3, 0.4) is 0 Å². The first kappa shape index (κ1) is 13.7. The lowest BCUT2D eigenvalue weighted by Crippen LogP contribution is -2.47. The first-order valence-corrected chi connectivity index (χ1v) is 6.38. The molecule has 4 nitrogen and oxygen atoms in total. The van der Waals surface area contributed by atoms with E-state index in [1.165, 1.54) is 11.3 Å². The van der Waals surface area contributed by atoms with Crippen LogP contribution in [0.2, 0.25) is 0 Å². The molecule has 1 aromatic heterocycles. The van der Waals surface area contributed by atoms with Gasteiger partial charge in [-0.15, -0.1) is 11.3 Å². The predicted molar refractivity (Wildman–Crippen MR) is 67.1 cm³/mol. The SMILES string of the molecule is CC[C@](C)(CC(=O)O)NC(=O)Cc1cccs1. The number of rotatable bonds is 6. The van der Waals surface area contributed by atoms with Gasteiger partial charge < -0.3 is 10.4 Å². The number of carboxylic acid groups (broad SMARTS) is 1. The smallest absolute Gasteiger partial charge is 0.305 e. The number of hydrogen-bond acceptors (Lipinski definition) is 3. The van der Waals surface area contributed by atoms with Gasteiger partial charge in [-0.3, -0.25) is 9.59 Å². The third-order valence-electron chi connectivity index (χ3n) is 2.68. The fourth-order valence-corrected chi connectivity index (χ4v) is 2.25. The van der Waals surface area contributed by atoms with Crippen LogP contribution in [0.1, 0.15) is 31.6 Å². The van der Waals surface area contributed by atoms with Crippen molar-refractivity contribution in [2.24, 2.45) is 0 Å². The van der Waals surface area contributed by atoms with Crippen LogP contribution in [-0.4, -0.2) is 22.5 Å². The average Bonchev–Trinajstić information content (AvgIpc) is 2.68. The summed E-state index contributed by atoms with van der Waals surface area (Å²) in [4.78, 5) is 23.5. The summed E-state index contributed by atoms with van der Waals surface area (Å²) in [6, 6.07) is 3.79. The highest BCUT2D eigenvalue weighted by Crippen LogP contribution is 2.15. The van der Waals surface area contributed by atoms with Crippen molar-refractivity contribution >= 4 is 23.2 Å². The molecule has 1 atom stereocenters. The molecule has 1 aromatic rings. The van der Waals surface area contributed by atoms with E-state index in [1.54, 1.807) is 6.92 Å². The highest BCUT2D eigenvalue weighted by atomic mass is 32.1. The van der Waals surface area contributed by atoms with Crippen molar-refractivity contribution in [2.45, 2.75) is 38.6 Å². The van der Waals surface area contributed by atoms with Crippen LogP contribution in [-0.2, 0) is 16.0 Å². The molecule has 0 unspecified atom stereocenters. The van der Waals surface area contributed by atoms with Gasteiger partial charge in [0, 0.05) is 10.4 Å². The second-order valence-corrected chi connectivity index (χ2v) is 5.32. The normalized spacial score (nSPS) is 14.0. The maximum absolute atomic E-state index is 11.8. The van der Waals surface area contributed by atoms with E-state index in [9.17, 15) is 9.59 Å². The Morgan fingerprint density at radius 2 is 2.24 bits per heavy atom. The molecule has 17 heavy (non-hydrogen) atoms. The molecule has 0 fully saturated rings. The van der Waals surface area contributed by atoms with E-state index in [4.69, 9.17) is 5.11 Å². The third kappa shape index (κ3) is 4.56. The molecule has 0 radical (unpaired) electrons. The number of aliphatic carboxylic acids is 1. The van der Waals surface area contributed by atoms with E-state index >= 15 is 0 Å². The van der Waals surface area contributed by atoms with Gasteiger partial charge in [-0.2, -0.15) is 0 Å². The molecule has 1 rings (SSSR count). The van der Waals surface area contributed by atoms with Crippen LogP contribution in [0.4, 0.5) is 0 Å². The Morgan fingerprint density at radius 3 is 2.71 bits per heavy atom. The van der Waals surface area contributed by atoms with Gasteiger partial charge in [-0.1, -0.05) is 13.0 Å². The standard InChI is InChI=1S/C12H17NO3S/c1-3-12(2,8-11(15)16)13-10(14)7-9-5-4-6-17-9/h4-6H,3,7-8H2,1-2H3,(H,13,14)(H,15,16)/t12-/m1/s1. The Labute approximate surface area is 105 Å². The number of amides is 1. The van der Waals surface area contributed by atoms with Crippen molar-refractivity contribution in [2.75, 3.05) is 0 Å². The van der Waals surface area contributed by atoms with Crippen molar-refractivity contribution in [3.8, 4) is 0 Å². The number of nitrogens with one attached hydrogen (secondary N) is 1. The molecule has 0 aliphatic carbocycles. The topological polar surface area (TPSA) is 66.4 Å². The molecular weight excluding hydrogens is 238 g/mol. The van der Waals surface area contributed by atoms with E-state index in [-0.39, 0.29) is 12.3 Å². The van der Waals surface area contributed by atoms with Crippen molar-refractivity contribution in [1.29, 1.82) is 0 Å². The second-order valence-electron chi connectivity index (χ2n) is 4.29. The van der Waals surface area contributed by atoms with Crippen molar-refractivity contribution < 1.29 is 14.7 Å². The van der Waals surface area contributed by atoms with E-state index < -0.39 is 11.5 Å². The quantitative estimate of drug-likeness (QED) is 0.817. The van der Waals surface area contributed by atoms with Gasteiger partial charge in [-0.05, 0) is 24.8 Å². The van der Waals surface area contributed by atoms with Gasteiger partial charge in [0.2, 0.25) is 5.91 Å². The fourth-order valence-electron chi connectivity index (χ4n) is 1.54. The lowest BCUT2D eigenvalue weighted by Gasteiger charge is -2.27. The van der Waals surface area contributed by atoms with Crippen molar-refractivity contribution in [1.82, 2.24) is 5.32 Å². The van der Waals surface area contributed by atoms with Crippen LogP contribution in [0.15, 0.2) is 17.5 Å². The molecule has 2 N–H and O–H groups in total. The second kappa shape index (κ2) is 5.82. The zero-order chi connectivity index (χ0) is 12.9. The van der Waals surface area contributed by atoms with Gasteiger partial charge >= 0.3 is 5.97 Å². The fraction of sp³-hybridized carbons (Fsp3) is 0.500. The number of carbonyl (C=O) groups is 2. The summed E-state index contributed by atoms with van der Waals surface area (Å²) in [5.41, 5.74) is -0.666. The molecule has 0 saturated carbocycles. The van der Waals surface area contributed by atoms with Crippen LogP contribution in [0, 0.1) is 0 Å². The number of hydrogen-bond donors (Lipinski definition) is 2. The van der Waals surface area contributed by atoms with E-state index in [0.29, 0.717) is 12.8 Å². The Morgan fingerprint density at radius 1 is 1.53 bits per heavy atom. The number of carbonyl (C=O) groups excluding carboxylic acids is 1. The van der Waals surface area contributed by atoms with E-state index in [1.807, 2.05) is 24.4 Å². The van der Waals surface area contributed by atoms with Crippen LogP contribution < -0.4 is 5.32 Å². The van der Waals surface area contributed by atoms with Crippen LogP contribution in [0.5, 0.6) is 0 Å². The van der Waals surface area contributed by atoms with E-state index in [2.05, 4.69) is 5.32 Å². The molecule has 0 aliphatic rings. The maximum Gasteiger partial charge on any atom is 0.305 e. The minimum atomic E-state index is -0.897. The predicted octanol–water partition coefficient (Wildman–Crippen LogP) is 2.05. The first-order chi connectivity index (χ1) is 7.95. The summed E-state index contributed by atoms with van der Waals surface area (Å²) in [6.45, 7) is 3.63. The molecule has 0 spiro atoms. The lowest BCUT2D eigenvalue weighted by atomic mass is 9.94. The van der Waals surface area contributed by atoms with Gasteiger partial charge in [0.25, 0.3) is 0 Å². The lowest BCUT2D eigenvalue weighted by molar-refractivity contribution is -0.139. The molecule has 0 aliphatic heterocycles. The summed E-state index contributed by atoms with van der Waals surface area (Å²) in [5.74, 6) is -1.02. The van der Waals surface area contributed by atoms with Crippen LogP contribution in [0.25, 0.3) is 0 Å². The molecule has 1 heterocycles. The highest BCUT2D eigenvalue weighted by molar-refractivity contribution is 7.10. The molecule has 94 valence electrons. The Hall–Kier alpha value is -1.36. The van der Waals surface area contributed by atoms with Gasteiger partial charge in [0.15, 0.2) is 0 Å².